The molecular formula is C14H22FN3O. The van der Waals surface area contributed by atoms with Crippen LogP contribution >= 0.6 is 0 Å². The third kappa shape index (κ3) is 3.29. The van der Waals surface area contributed by atoms with E-state index in [-0.39, 0.29) is 5.82 Å². The number of nitrogens with two attached hydrogens (primary N) is 1. The summed E-state index contributed by atoms with van der Waals surface area (Å²) in [6.07, 6.45) is 0.855. The second-order valence-electron chi connectivity index (χ2n) is 4.98. The van der Waals surface area contributed by atoms with Gasteiger partial charge in [-0.05, 0) is 13.5 Å². The number of rotatable bonds is 4. The Morgan fingerprint density at radius 1 is 1.26 bits per heavy atom. The number of piperazine rings is 1. The van der Waals surface area contributed by atoms with Gasteiger partial charge in [0.05, 0.1) is 18.0 Å². The summed E-state index contributed by atoms with van der Waals surface area (Å²) < 4.78 is 19.2. The second-order valence-corrected chi connectivity index (χ2v) is 4.98. The Morgan fingerprint density at radius 2 is 1.95 bits per heavy atom. The van der Waals surface area contributed by atoms with Gasteiger partial charge in [0.1, 0.15) is 0 Å². The highest BCUT2D eigenvalue weighted by molar-refractivity contribution is 5.70. The monoisotopic (exact) mass is 267 g/mol. The van der Waals surface area contributed by atoms with Crippen molar-refractivity contribution < 1.29 is 9.13 Å². The molecule has 1 aliphatic heterocycles. The average molecular weight is 267 g/mol. The van der Waals surface area contributed by atoms with E-state index in [1.165, 1.54) is 6.07 Å². The van der Waals surface area contributed by atoms with E-state index in [2.05, 4.69) is 16.8 Å². The molecular weight excluding hydrogens is 245 g/mol. The first kappa shape index (κ1) is 13.9. The summed E-state index contributed by atoms with van der Waals surface area (Å²) in [5.41, 5.74) is 7.29. The van der Waals surface area contributed by atoms with Crippen molar-refractivity contribution >= 4 is 11.4 Å². The molecule has 0 amide bonds. The van der Waals surface area contributed by atoms with Crippen molar-refractivity contribution in [3.05, 3.63) is 17.9 Å². The molecule has 0 atom stereocenters. The third-order valence-corrected chi connectivity index (χ3v) is 3.39. The zero-order valence-electron chi connectivity index (χ0n) is 11.7. The Balaban J connectivity index is 2.19. The summed E-state index contributed by atoms with van der Waals surface area (Å²) in [6.45, 7) is 6.29. The molecule has 4 nitrogen and oxygen atoms in total. The van der Waals surface area contributed by atoms with Crippen molar-refractivity contribution in [1.29, 1.82) is 0 Å². The Labute approximate surface area is 113 Å². The molecule has 106 valence electrons. The van der Waals surface area contributed by atoms with E-state index in [1.54, 1.807) is 6.07 Å². The highest BCUT2D eigenvalue weighted by Gasteiger charge is 2.18. The number of nitrogen functional groups attached to an aromatic ring is 1. The van der Waals surface area contributed by atoms with Crippen molar-refractivity contribution in [3.8, 4) is 5.75 Å². The van der Waals surface area contributed by atoms with Gasteiger partial charge in [0.15, 0.2) is 11.6 Å². The van der Waals surface area contributed by atoms with Crippen LogP contribution in [-0.2, 0) is 0 Å². The zero-order valence-corrected chi connectivity index (χ0v) is 11.7. The summed E-state index contributed by atoms with van der Waals surface area (Å²) in [5, 5.41) is 0. The molecule has 0 unspecified atom stereocenters. The number of nitrogens with zero attached hydrogens (tertiary/aromatic N) is 2. The molecule has 0 bridgehead atoms. The minimum atomic E-state index is -0.385. The van der Waals surface area contributed by atoms with E-state index in [9.17, 15) is 4.39 Å². The van der Waals surface area contributed by atoms with Gasteiger partial charge in [-0.1, -0.05) is 6.92 Å². The van der Waals surface area contributed by atoms with E-state index < -0.39 is 0 Å². The molecule has 5 heteroatoms. The van der Waals surface area contributed by atoms with Crippen molar-refractivity contribution in [3.63, 3.8) is 0 Å². The number of hydrogen-bond donors (Lipinski definition) is 1. The minimum Gasteiger partial charge on any atom is -0.490 e. The van der Waals surface area contributed by atoms with Crippen LogP contribution in [0.3, 0.4) is 0 Å². The first-order valence-electron chi connectivity index (χ1n) is 6.77. The van der Waals surface area contributed by atoms with Crippen LogP contribution < -0.4 is 15.4 Å². The number of likely N-dealkylation sites (N-methyl/N-ethyl adjacent to an activating group) is 1. The Kier molecular flexibility index (Phi) is 4.47. The Bertz CT molecular complexity index is 431. The summed E-state index contributed by atoms with van der Waals surface area (Å²) in [6, 6.07) is 3.09. The average Bonchev–Trinajstić information content (AvgIpc) is 2.39. The van der Waals surface area contributed by atoms with E-state index in [0.717, 1.165) is 38.3 Å². The van der Waals surface area contributed by atoms with Gasteiger partial charge in [-0.2, -0.15) is 0 Å². The second kappa shape index (κ2) is 6.10. The number of benzene rings is 1. The number of hydrogen-bond acceptors (Lipinski definition) is 4. The quantitative estimate of drug-likeness (QED) is 0.847. The Hall–Kier alpha value is -1.49. The van der Waals surface area contributed by atoms with Crippen molar-refractivity contribution in [2.24, 2.45) is 0 Å². The fourth-order valence-electron chi connectivity index (χ4n) is 2.20. The molecule has 1 aromatic rings. The van der Waals surface area contributed by atoms with Crippen LogP contribution in [0.25, 0.3) is 0 Å². The molecule has 0 aromatic heterocycles. The maximum absolute atomic E-state index is 13.8. The van der Waals surface area contributed by atoms with Crippen LogP contribution in [0.1, 0.15) is 13.3 Å². The highest BCUT2D eigenvalue weighted by atomic mass is 19.1. The molecule has 1 aromatic carbocycles. The predicted octanol–water partition coefficient (Wildman–Crippen LogP) is 1.95. The molecule has 1 saturated heterocycles. The number of halogens is 1. The van der Waals surface area contributed by atoms with Crippen LogP contribution in [0.15, 0.2) is 12.1 Å². The minimum absolute atomic E-state index is 0.296. The van der Waals surface area contributed by atoms with Crippen LogP contribution in [0, 0.1) is 5.82 Å². The highest BCUT2D eigenvalue weighted by Crippen LogP contribution is 2.31. The molecule has 19 heavy (non-hydrogen) atoms. The number of ether oxygens (including phenoxy) is 1. The summed E-state index contributed by atoms with van der Waals surface area (Å²) in [5.74, 6) is -0.0891. The van der Waals surface area contributed by atoms with Gasteiger partial charge in [-0.25, -0.2) is 4.39 Å². The first-order chi connectivity index (χ1) is 9.11. The molecule has 1 heterocycles. The maximum atomic E-state index is 13.8. The van der Waals surface area contributed by atoms with E-state index in [1.807, 2.05) is 6.92 Å². The van der Waals surface area contributed by atoms with E-state index in [4.69, 9.17) is 10.5 Å². The topological polar surface area (TPSA) is 41.7 Å². The zero-order chi connectivity index (χ0) is 13.8. The summed E-state index contributed by atoms with van der Waals surface area (Å²) in [7, 11) is 2.10. The van der Waals surface area contributed by atoms with Crippen LogP contribution in [-0.4, -0.2) is 44.7 Å². The van der Waals surface area contributed by atoms with Crippen molar-refractivity contribution in [1.82, 2.24) is 4.90 Å². The summed E-state index contributed by atoms with van der Waals surface area (Å²) >= 11 is 0. The first-order valence-corrected chi connectivity index (χ1v) is 6.77. The van der Waals surface area contributed by atoms with E-state index >= 15 is 0 Å². The van der Waals surface area contributed by atoms with Gasteiger partial charge in [-0.3, -0.25) is 0 Å². The smallest absolute Gasteiger partial charge is 0.167 e. The maximum Gasteiger partial charge on any atom is 0.167 e. The van der Waals surface area contributed by atoms with Crippen LogP contribution in [0.5, 0.6) is 5.75 Å². The molecule has 1 aliphatic rings. The molecule has 1 fully saturated rings. The third-order valence-electron chi connectivity index (χ3n) is 3.39. The van der Waals surface area contributed by atoms with Gasteiger partial charge in [0.25, 0.3) is 0 Å². The summed E-state index contributed by atoms with van der Waals surface area (Å²) in [4.78, 5) is 4.46. The lowest BCUT2D eigenvalue weighted by atomic mass is 10.2. The van der Waals surface area contributed by atoms with E-state index in [0.29, 0.717) is 18.0 Å². The largest absolute Gasteiger partial charge is 0.490 e. The van der Waals surface area contributed by atoms with Gasteiger partial charge in [0.2, 0.25) is 0 Å². The van der Waals surface area contributed by atoms with Crippen molar-refractivity contribution in [2.45, 2.75) is 13.3 Å². The molecule has 0 aliphatic carbocycles. The van der Waals surface area contributed by atoms with Gasteiger partial charge in [0, 0.05) is 38.3 Å². The lowest BCUT2D eigenvalue weighted by Crippen LogP contribution is -2.44. The standard InChI is InChI=1S/C14H22FN3O/c1-3-8-19-14-10-13(12(16)9-11(14)15)18-6-4-17(2)5-7-18/h9-10H,3-8,16H2,1-2H3. The lowest BCUT2D eigenvalue weighted by molar-refractivity contribution is 0.300. The SMILES string of the molecule is CCCOc1cc(N2CCN(C)CC2)c(N)cc1F. The molecule has 0 spiro atoms. The molecule has 2 N–H and O–H groups in total. The fraction of sp³-hybridized carbons (Fsp3) is 0.571. The van der Waals surface area contributed by atoms with Gasteiger partial charge >= 0.3 is 0 Å². The predicted molar refractivity (Wildman–Crippen MR) is 76.3 cm³/mol. The van der Waals surface area contributed by atoms with Crippen LogP contribution in [0.4, 0.5) is 15.8 Å². The Morgan fingerprint density at radius 3 is 2.58 bits per heavy atom. The molecule has 0 radical (unpaired) electrons. The fourth-order valence-corrected chi connectivity index (χ4v) is 2.20. The normalized spacial score (nSPS) is 16.7. The number of anilines is 2. The molecule has 2 rings (SSSR count). The van der Waals surface area contributed by atoms with Crippen LogP contribution in [0.2, 0.25) is 0 Å². The molecule has 0 saturated carbocycles. The van der Waals surface area contributed by atoms with Gasteiger partial charge in [-0.15, -0.1) is 0 Å². The lowest BCUT2D eigenvalue weighted by Gasteiger charge is -2.34. The van der Waals surface area contributed by atoms with Gasteiger partial charge < -0.3 is 20.3 Å². The van der Waals surface area contributed by atoms with Crippen molar-refractivity contribution in [2.75, 3.05) is 50.5 Å².